The molecule has 0 aliphatic heterocycles. The van der Waals surface area contributed by atoms with E-state index in [0.29, 0.717) is 16.9 Å². The molecule has 0 radical (unpaired) electrons. The Bertz CT molecular complexity index is 628. The van der Waals surface area contributed by atoms with Crippen LogP contribution in [0.4, 0.5) is 0 Å². The highest BCUT2D eigenvalue weighted by atomic mass is 16.5. The van der Waals surface area contributed by atoms with E-state index in [1.807, 2.05) is 0 Å². The lowest BCUT2D eigenvalue weighted by atomic mass is 10.1. The molecule has 2 rings (SSSR count). The number of rotatable bonds is 3. The van der Waals surface area contributed by atoms with Gasteiger partial charge in [0.25, 0.3) is 5.56 Å². The number of pyridine rings is 1. The number of carboxylic acid groups (broad SMARTS) is 1. The van der Waals surface area contributed by atoms with Crippen LogP contribution < -0.4 is 10.3 Å². The third-order valence-electron chi connectivity index (χ3n) is 2.55. The van der Waals surface area contributed by atoms with Gasteiger partial charge >= 0.3 is 5.97 Å². The summed E-state index contributed by atoms with van der Waals surface area (Å²) < 4.78 is 5.02. The molecular formula is C13H11NO4. The van der Waals surface area contributed by atoms with Crippen molar-refractivity contribution in [2.24, 2.45) is 0 Å². The largest absolute Gasteiger partial charge is 0.497 e. The van der Waals surface area contributed by atoms with Gasteiger partial charge in [0.15, 0.2) is 0 Å². The molecule has 1 heterocycles. The topological polar surface area (TPSA) is 79.4 Å². The van der Waals surface area contributed by atoms with Crippen LogP contribution in [0.2, 0.25) is 0 Å². The Labute approximate surface area is 103 Å². The lowest BCUT2D eigenvalue weighted by Crippen LogP contribution is -2.11. The van der Waals surface area contributed by atoms with Crippen LogP contribution in [0.1, 0.15) is 10.4 Å². The molecule has 18 heavy (non-hydrogen) atoms. The summed E-state index contributed by atoms with van der Waals surface area (Å²) >= 11 is 0. The molecule has 2 N–H and O–H groups in total. The summed E-state index contributed by atoms with van der Waals surface area (Å²) in [6.45, 7) is 0. The van der Waals surface area contributed by atoms with Gasteiger partial charge in [-0.05, 0) is 23.8 Å². The van der Waals surface area contributed by atoms with Crippen molar-refractivity contribution in [3.63, 3.8) is 0 Å². The van der Waals surface area contributed by atoms with E-state index in [-0.39, 0.29) is 11.1 Å². The molecule has 0 saturated heterocycles. The molecule has 0 saturated carbocycles. The summed E-state index contributed by atoms with van der Waals surface area (Å²) in [6, 6.07) is 8.18. The zero-order chi connectivity index (χ0) is 13.1. The predicted molar refractivity (Wildman–Crippen MR) is 66.0 cm³/mol. The number of carboxylic acids is 1. The Morgan fingerprint density at radius 2 is 1.94 bits per heavy atom. The summed E-state index contributed by atoms with van der Waals surface area (Å²) in [4.78, 5) is 24.9. The fraction of sp³-hybridized carbons (Fsp3) is 0.0769. The third-order valence-corrected chi connectivity index (χ3v) is 2.55. The Morgan fingerprint density at radius 3 is 2.50 bits per heavy atom. The number of benzene rings is 1. The zero-order valence-electron chi connectivity index (χ0n) is 9.64. The monoisotopic (exact) mass is 245 g/mol. The van der Waals surface area contributed by atoms with Gasteiger partial charge < -0.3 is 14.8 Å². The first-order chi connectivity index (χ1) is 8.61. The summed E-state index contributed by atoms with van der Waals surface area (Å²) in [6.07, 6.45) is 1.18. The molecule has 0 bridgehead atoms. The Hall–Kier alpha value is -2.56. The van der Waals surface area contributed by atoms with Crippen LogP contribution in [-0.4, -0.2) is 23.2 Å². The van der Waals surface area contributed by atoms with E-state index in [4.69, 9.17) is 9.84 Å². The molecule has 0 aliphatic carbocycles. The second kappa shape index (κ2) is 4.75. The van der Waals surface area contributed by atoms with Crippen molar-refractivity contribution in [2.45, 2.75) is 0 Å². The van der Waals surface area contributed by atoms with E-state index in [1.54, 1.807) is 31.4 Å². The Morgan fingerprint density at radius 1 is 1.28 bits per heavy atom. The number of carbonyl (C=O) groups is 1. The number of H-pyrrole nitrogens is 1. The normalized spacial score (nSPS) is 10.1. The average Bonchev–Trinajstić information content (AvgIpc) is 2.39. The van der Waals surface area contributed by atoms with Gasteiger partial charge in [0.1, 0.15) is 5.75 Å². The lowest BCUT2D eigenvalue weighted by molar-refractivity contribution is 0.0696. The Kier molecular flexibility index (Phi) is 3.14. The summed E-state index contributed by atoms with van der Waals surface area (Å²) in [7, 11) is 1.55. The smallest absolute Gasteiger partial charge is 0.337 e. The number of ether oxygens (including phenoxy) is 1. The van der Waals surface area contributed by atoms with Crippen LogP contribution in [0.15, 0.2) is 41.3 Å². The first-order valence-electron chi connectivity index (χ1n) is 5.22. The second-order valence-electron chi connectivity index (χ2n) is 3.66. The first-order valence-corrected chi connectivity index (χ1v) is 5.22. The summed E-state index contributed by atoms with van der Waals surface area (Å²) in [5.41, 5.74) is 0.670. The van der Waals surface area contributed by atoms with Crippen LogP contribution >= 0.6 is 0 Å². The quantitative estimate of drug-likeness (QED) is 0.863. The lowest BCUT2D eigenvalue weighted by Gasteiger charge is -2.04. The molecule has 0 fully saturated rings. The second-order valence-corrected chi connectivity index (χ2v) is 3.66. The fourth-order valence-electron chi connectivity index (χ4n) is 1.59. The molecule has 0 atom stereocenters. The Balaban J connectivity index is 2.51. The number of hydrogen-bond donors (Lipinski definition) is 2. The highest BCUT2D eigenvalue weighted by molar-refractivity contribution is 5.88. The van der Waals surface area contributed by atoms with Gasteiger partial charge in [0.05, 0.1) is 12.7 Å². The number of aromatic carboxylic acids is 1. The highest BCUT2D eigenvalue weighted by Gasteiger charge is 2.09. The van der Waals surface area contributed by atoms with E-state index in [2.05, 4.69) is 4.98 Å². The third kappa shape index (κ3) is 2.24. The van der Waals surface area contributed by atoms with Crippen molar-refractivity contribution in [1.29, 1.82) is 0 Å². The van der Waals surface area contributed by atoms with Crippen LogP contribution in [0.5, 0.6) is 5.75 Å². The molecule has 1 aromatic carbocycles. The van der Waals surface area contributed by atoms with E-state index in [1.165, 1.54) is 12.3 Å². The van der Waals surface area contributed by atoms with E-state index >= 15 is 0 Å². The standard InChI is InChI=1S/C13H11NO4/c1-18-10-4-2-8(3-5-10)11-6-9(13(16)17)7-14-12(11)15/h2-7H,1H3,(H,14,15)(H,16,17). The van der Waals surface area contributed by atoms with Crippen LogP contribution in [0.25, 0.3) is 11.1 Å². The number of aromatic amines is 1. The molecule has 1 aromatic heterocycles. The predicted octanol–water partition coefficient (Wildman–Crippen LogP) is 1.75. The minimum Gasteiger partial charge on any atom is -0.497 e. The van der Waals surface area contributed by atoms with Crippen molar-refractivity contribution in [2.75, 3.05) is 7.11 Å². The highest BCUT2D eigenvalue weighted by Crippen LogP contribution is 2.19. The molecule has 0 aliphatic rings. The summed E-state index contributed by atoms with van der Waals surface area (Å²) in [5.74, 6) is -0.412. The van der Waals surface area contributed by atoms with Crippen LogP contribution in [0, 0.1) is 0 Å². The molecular weight excluding hydrogens is 234 g/mol. The van der Waals surface area contributed by atoms with E-state index in [9.17, 15) is 9.59 Å². The summed E-state index contributed by atoms with van der Waals surface area (Å²) in [5, 5.41) is 8.89. The molecule has 0 amide bonds. The number of nitrogens with one attached hydrogen (secondary N) is 1. The molecule has 2 aromatic rings. The van der Waals surface area contributed by atoms with Crippen molar-refractivity contribution in [3.8, 4) is 16.9 Å². The number of methoxy groups -OCH3 is 1. The first kappa shape index (κ1) is 11.9. The van der Waals surface area contributed by atoms with Gasteiger partial charge in [0, 0.05) is 11.8 Å². The van der Waals surface area contributed by atoms with E-state index < -0.39 is 5.97 Å². The molecule has 0 spiro atoms. The number of hydrogen-bond acceptors (Lipinski definition) is 3. The van der Waals surface area contributed by atoms with Crippen molar-refractivity contribution in [3.05, 3.63) is 52.4 Å². The number of aromatic nitrogens is 1. The van der Waals surface area contributed by atoms with Gasteiger partial charge in [-0.3, -0.25) is 4.79 Å². The maximum absolute atomic E-state index is 11.7. The van der Waals surface area contributed by atoms with Crippen LogP contribution in [-0.2, 0) is 0 Å². The van der Waals surface area contributed by atoms with Crippen molar-refractivity contribution < 1.29 is 14.6 Å². The minimum absolute atomic E-state index is 0.0421. The van der Waals surface area contributed by atoms with Gasteiger partial charge in [0.2, 0.25) is 0 Å². The molecule has 5 nitrogen and oxygen atoms in total. The molecule has 92 valence electrons. The maximum Gasteiger partial charge on any atom is 0.337 e. The minimum atomic E-state index is -1.08. The van der Waals surface area contributed by atoms with E-state index in [0.717, 1.165) is 0 Å². The molecule has 5 heteroatoms. The SMILES string of the molecule is COc1ccc(-c2cc(C(=O)O)c[nH]c2=O)cc1. The maximum atomic E-state index is 11.7. The average molecular weight is 245 g/mol. The van der Waals surface area contributed by atoms with Crippen molar-refractivity contribution in [1.82, 2.24) is 4.98 Å². The van der Waals surface area contributed by atoms with Gasteiger partial charge in [-0.1, -0.05) is 12.1 Å². The fourth-order valence-corrected chi connectivity index (χ4v) is 1.59. The van der Waals surface area contributed by atoms with Gasteiger partial charge in [-0.25, -0.2) is 4.79 Å². The van der Waals surface area contributed by atoms with Gasteiger partial charge in [-0.15, -0.1) is 0 Å². The zero-order valence-corrected chi connectivity index (χ0v) is 9.64. The van der Waals surface area contributed by atoms with Gasteiger partial charge in [-0.2, -0.15) is 0 Å². The van der Waals surface area contributed by atoms with Crippen LogP contribution in [0.3, 0.4) is 0 Å². The van der Waals surface area contributed by atoms with Crippen molar-refractivity contribution >= 4 is 5.97 Å². The molecule has 0 unspecified atom stereocenters.